The van der Waals surface area contributed by atoms with Gasteiger partial charge in [0.05, 0.1) is 16.5 Å². The van der Waals surface area contributed by atoms with E-state index in [4.69, 9.17) is 0 Å². The van der Waals surface area contributed by atoms with Crippen LogP contribution in [0.1, 0.15) is 0 Å². The highest BCUT2D eigenvalue weighted by atomic mass is 16.6. The van der Waals surface area contributed by atoms with Crippen molar-refractivity contribution >= 4 is 28.2 Å². The molecule has 128 valence electrons. The predicted octanol–water partition coefficient (Wildman–Crippen LogP) is 1.60. The molecule has 0 N–H and O–H groups in total. The number of aromatic nitrogens is 4. The van der Waals surface area contributed by atoms with Gasteiger partial charge in [-0.1, -0.05) is 0 Å². The number of aryl methyl sites for hydroxylation is 1. The first-order valence-corrected chi connectivity index (χ1v) is 8.00. The van der Waals surface area contributed by atoms with Crippen LogP contribution in [0.2, 0.25) is 0 Å². The Bertz CT molecular complexity index is 914. The number of piperazine rings is 1. The van der Waals surface area contributed by atoms with E-state index in [1.165, 1.54) is 0 Å². The molecular formula is C16H17N7O2. The van der Waals surface area contributed by atoms with Gasteiger partial charge in [0.1, 0.15) is 12.1 Å². The molecule has 0 aliphatic carbocycles. The van der Waals surface area contributed by atoms with Gasteiger partial charge < -0.3 is 9.80 Å². The van der Waals surface area contributed by atoms with Crippen molar-refractivity contribution in [1.29, 1.82) is 0 Å². The lowest BCUT2D eigenvalue weighted by Crippen LogP contribution is -2.46. The number of nitrogens with zero attached hydrogens (tertiary/aromatic N) is 7. The van der Waals surface area contributed by atoms with Crippen LogP contribution >= 0.6 is 0 Å². The normalized spacial score (nSPS) is 14.9. The molecule has 9 nitrogen and oxygen atoms in total. The molecule has 1 aromatic carbocycles. The number of nitro benzene ring substituents is 1. The highest BCUT2D eigenvalue weighted by Gasteiger charge is 2.21. The minimum Gasteiger partial charge on any atom is -0.368 e. The molecule has 1 aliphatic rings. The monoisotopic (exact) mass is 339 g/mol. The molecule has 0 amide bonds. The Morgan fingerprint density at radius 3 is 2.40 bits per heavy atom. The Labute approximate surface area is 143 Å². The summed E-state index contributed by atoms with van der Waals surface area (Å²) >= 11 is 0. The van der Waals surface area contributed by atoms with Crippen molar-refractivity contribution in [3.05, 3.63) is 46.9 Å². The van der Waals surface area contributed by atoms with E-state index in [1.807, 2.05) is 7.05 Å². The number of hydrogen-bond donors (Lipinski definition) is 0. The van der Waals surface area contributed by atoms with Gasteiger partial charge in [-0.05, 0) is 12.1 Å². The summed E-state index contributed by atoms with van der Waals surface area (Å²) in [4.78, 5) is 23.6. The van der Waals surface area contributed by atoms with Gasteiger partial charge in [-0.15, -0.1) is 0 Å². The zero-order valence-electron chi connectivity index (χ0n) is 13.7. The third-order valence-electron chi connectivity index (χ3n) is 4.51. The van der Waals surface area contributed by atoms with Crippen LogP contribution in [0, 0.1) is 10.1 Å². The fourth-order valence-corrected chi connectivity index (χ4v) is 3.16. The van der Waals surface area contributed by atoms with Gasteiger partial charge in [0.25, 0.3) is 5.69 Å². The summed E-state index contributed by atoms with van der Waals surface area (Å²) in [5, 5.41) is 16.0. The maximum absolute atomic E-state index is 10.8. The average Bonchev–Trinajstić information content (AvgIpc) is 3.03. The van der Waals surface area contributed by atoms with Crippen molar-refractivity contribution in [3.63, 3.8) is 0 Å². The lowest BCUT2D eigenvalue weighted by molar-refractivity contribution is -0.384. The van der Waals surface area contributed by atoms with E-state index in [2.05, 4.69) is 24.9 Å². The summed E-state index contributed by atoms with van der Waals surface area (Å²) in [5.74, 6) is 0.904. The predicted molar refractivity (Wildman–Crippen MR) is 93.8 cm³/mol. The maximum atomic E-state index is 10.8. The van der Waals surface area contributed by atoms with Gasteiger partial charge in [-0.3, -0.25) is 14.8 Å². The fourth-order valence-electron chi connectivity index (χ4n) is 3.16. The van der Waals surface area contributed by atoms with Gasteiger partial charge >= 0.3 is 0 Å². The molecule has 4 rings (SSSR count). The van der Waals surface area contributed by atoms with E-state index in [0.29, 0.717) is 0 Å². The quantitative estimate of drug-likeness (QED) is 0.528. The second-order valence-electron chi connectivity index (χ2n) is 5.95. The van der Waals surface area contributed by atoms with Crippen molar-refractivity contribution in [2.75, 3.05) is 36.0 Å². The Morgan fingerprint density at radius 2 is 1.72 bits per heavy atom. The van der Waals surface area contributed by atoms with Crippen molar-refractivity contribution < 1.29 is 4.92 Å². The maximum Gasteiger partial charge on any atom is 0.269 e. The average molecular weight is 339 g/mol. The Hall–Kier alpha value is -3.23. The van der Waals surface area contributed by atoms with E-state index in [0.717, 1.165) is 48.7 Å². The molecule has 0 radical (unpaired) electrons. The SMILES string of the molecule is Cn1ncc2c(N3CCN(c4ccc([N+](=O)[O-])cc4)CC3)ncnc21. The lowest BCUT2D eigenvalue weighted by atomic mass is 10.2. The number of nitro groups is 1. The van der Waals surface area contributed by atoms with E-state index in [-0.39, 0.29) is 10.6 Å². The number of non-ortho nitro benzene ring substituents is 1. The van der Waals surface area contributed by atoms with Gasteiger partial charge in [-0.2, -0.15) is 5.10 Å². The largest absolute Gasteiger partial charge is 0.368 e. The number of benzene rings is 1. The number of hydrogen-bond acceptors (Lipinski definition) is 7. The summed E-state index contributed by atoms with van der Waals surface area (Å²) in [6.45, 7) is 3.28. The van der Waals surface area contributed by atoms with Crippen LogP contribution in [0.3, 0.4) is 0 Å². The molecule has 0 saturated carbocycles. The Kier molecular flexibility index (Phi) is 3.68. The Balaban J connectivity index is 1.50. The third kappa shape index (κ3) is 2.73. The van der Waals surface area contributed by atoms with E-state index in [9.17, 15) is 10.1 Å². The van der Waals surface area contributed by atoms with Crippen LogP contribution in [0.4, 0.5) is 17.2 Å². The topological polar surface area (TPSA) is 93.2 Å². The number of rotatable bonds is 3. The first kappa shape index (κ1) is 15.3. The molecule has 9 heteroatoms. The molecule has 25 heavy (non-hydrogen) atoms. The summed E-state index contributed by atoms with van der Waals surface area (Å²) in [6.07, 6.45) is 3.37. The van der Waals surface area contributed by atoms with Crippen LogP contribution < -0.4 is 9.80 Å². The van der Waals surface area contributed by atoms with Crippen LogP contribution in [0.15, 0.2) is 36.8 Å². The van der Waals surface area contributed by atoms with Gasteiger partial charge in [0.15, 0.2) is 5.65 Å². The van der Waals surface area contributed by atoms with Crippen molar-refractivity contribution in [3.8, 4) is 0 Å². The lowest BCUT2D eigenvalue weighted by Gasteiger charge is -2.36. The van der Waals surface area contributed by atoms with Crippen molar-refractivity contribution in [2.24, 2.45) is 7.05 Å². The first-order chi connectivity index (χ1) is 12.1. The van der Waals surface area contributed by atoms with Crippen LogP contribution in [0.25, 0.3) is 11.0 Å². The Morgan fingerprint density at radius 1 is 1.04 bits per heavy atom. The van der Waals surface area contributed by atoms with E-state index < -0.39 is 0 Å². The second-order valence-corrected chi connectivity index (χ2v) is 5.95. The van der Waals surface area contributed by atoms with Gasteiger partial charge in [0, 0.05) is 51.0 Å². The molecule has 3 aromatic rings. The van der Waals surface area contributed by atoms with E-state index >= 15 is 0 Å². The van der Waals surface area contributed by atoms with Crippen molar-refractivity contribution in [2.45, 2.75) is 0 Å². The number of fused-ring (bicyclic) bond motifs is 1. The van der Waals surface area contributed by atoms with Crippen LogP contribution in [0.5, 0.6) is 0 Å². The molecule has 0 unspecified atom stereocenters. The molecule has 1 saturated heterocycles. The van der Waals surface area contributed by atoms with Crippen molar-refractivity contribution in [1.82, 2.24) is 19.7 Å². The molecule has 0 atom stereocenters. The summed E-state index contributed by atoms with van der Waals surface area (Å²) < 4.78 is 1.74. The fraction of sp³-hybridized carbons (Fsp3) is 0.312. The molecule has 1 fully saturated rings. The molecule has 3 heterocycles. The summed E-state index contributed by atoms with van der Waals surface area (Å²) in [6, 6.07) is 6.70. The summed E-state index contributed by atoms with van der Waals surface area (Å²) in [7, 11) is 1.87. The van der Waals surface area contributed by atoms with Crippen LogP contribution in [-0.4, -0.2) is 50.9 Å². The number of anilines is 2. The van der Waals surface area contributed by atoms with E-state index in [1.54, 1.807) is 41.5 Å². The molecule has 0 spiro atoms. The van der Waals surface area contributed by atoms with Gasteiger partial charge in [-0.25, -0.2) is 9.97 Å². The molecule has 1 aliphatic heterocycles. The first-order valence-electron chi connectivity index (χ1n) is 8.00. The molecule has 2 aromatic heterocycles. The smallest absolute Gasteiger partial charge is 0.269 e. The zero-order chi connectivity index (χ0) is 17.4. The summed E-state index contributed by atoms with van der Waals surface area (Å²) in [5.41, 5.74) is 1.93. The second kappa shape index (κ2) is 6.00. The van der Waals surface area contributed by atoms with Crippen LogP contribution in [-0.2, 0) is 7.05 Å². The highest BCUT2D eigenvalue weighted by Crippen LogP contribution is 2.25. The minimum atomic E-state index is -0.379. The molecular weight excluding hydrogens is 322 g/mol. The highest BCUT2D eigenvalue weighted by molar-refractivity contribution is 5.86. The zero-order valence-corrected chi connectivity index (χ0v) is 13.7. The molecule has 0 bridgehead atoms. The third-order valence-corrected chi connectivity index (χ3v) is 4.51. The van der Waals surface area contributed by atoms with Gasteiger partial charge in [0.2, 0.25) is 0 Å². The minimum absolute atomic E-state index is 0.113. The standard InChI is InChI=1S/C16H17N7O2/c1-20-15-14(10-19-20)16(18-11-17-15)22-8-6-21(7-9-22)12-2-4-13(5-3-12)23(24)25/h2-5,10-11H,6-9H2,1H3.